The second-order valence-electron chi connectivity index (χ2n) is 8.18. The summed E-state index contributed by atoms with van der Waals surface area (Å²) < 4.78 is 0. The number of carbonyl (C=O) groups excluding carboxylic acids is 1. The van der Waals surface area contributed by atoms with E-state index in [1.54, 1.807) is 0 Å². The standard InChI is InChI=1S/C23H34N6O/c1-27(2)21(15-19-7-5-4-6-8-19)18-26-23(30)25-17-20-9-10-24-22(16-20)29-13-11-28(3)12-14-29/h4-10,16,21H,11-15,17-18H2,1-3H3,(H2,25,26,30). The first-order valence-electron chi connectivity index (χ1n) is 10.6. The Morgan fingerprint density at radius 2 is 1.80 bits per heavy atom. The molecule has 162 valence electrons. The highest BCUT2D eigenvalue weighted by Gasteiger charge is 2.16. The third kappa shape index (κ3) is 6.71. The largest absolute Gasteiger partial charge is 0.354 e. The van der Waals surface area contributed by atoms with Gasteiger partial charge in [0, 0.05) is 51.5 Å². The molecule has 3 rings (SSSR count). The smallest absolute Gasteiger partial charge is 0.315 e. The van der Waals surface area contributed by atoms with E-state index in [2.05, 4.69) is 55.6 Å². The Morgan fingerprint density at radius 1 is 1.07 bits per heavy atom. The van der Waals surface area contributed by atoms with Crippen LogP contribution in [0.25, 0.3) is 0 Å². The SMILES string of the molecule is CN1CCN(c2cc(CNC(=O)NCC(Cc3ccccc3)N(C)C)ccn2)CC1. The number of amides is 2. The number of rotatable bonds is 8. The van der Waals surface area contributed by atoms with Crippen molar-refractivity contribution in [3.63, 3.8) is 0 Å². The number of carbonyl (C=O) groups is 1. The number of anilines is 1. The number of nitrogens with zero attached hydrogens (tertiary/aromatic N) is 4. The van der Waals surface area contributed by atoms with E-state index in [0.717, 1.165) is 44.0 Å². The number of hydrogen-bond acceptors (Lipinski definition) is 5. The molecular formula is C23H34N6O. The molecule has 0 spiro atoms. The van der Waals surface area contributed by atoms with E-state index in [0.29, 0.717) is 13.1 Å². The van der Waals surface area contributed by atoms with Crippen molar-refractivity contribution in [1.82, 2.24) is 25.4 Å². The molecule has 1 fully saturated rings. The molecule has 1 aromatic heterocycles. The lowest BCUT2D eigenvalue weighted by atomic mass is 10.1. The molecule has 7 heteroatoms. The molecule has 7 nitrogen and oxygen atoms in total. The molecule has 2 aromatic rings. The van der Waals surface area contributed by atoms with Gasteiger partial charge < -0.3 is 25.3 Å². The van der Waals surface area contributed by atoms with Gasteiger partial charge in [0.15, 0.2) is 0 Å². The maximum absolute atomic E-state index is 12.3. The van der Waals surface area contributed by atoms with Gasteiger partial charge in [0.2, 0.25) is 0 Å². The Kier molecular flexibility index (Phi) is 8.04. The van der Waals surface area contributed by atoms with Crippen LogP contribution in [0.2, 0.25) is 0 Å². The lowest BCUT2D eigenvalue weighted by molar-refractivity contribution is 0.231. The maximum atomic E-state index is 12.3. The molecule has 0 radical (unpaired) electrons. The summed E-state index contributed by atoms with van der Waals surface area (Å²) in [5.41, 5.74) is 2.33. The second-order valence-corrected chi connectivity index (χ2v) is 8.18. The van der Waals surface area contributed by atoms with Crippen molar-refractivity contribution in [2.45, 2.75) is 19.0 Å². The van der Waals surface area contributed by atoms with E-state index >= 15 is 0 Å². The predicted octanol–water partition coefficient (Wildman–Crippen LogP) is 1.81. The van der Waals surface area contributed by atoms with Crippen LogP contribution >= 0.6 is 0 Å². The average Bonchev–Trinajstić information content (AvgIpc) is 2.76. The average molecular weight is 411 g/mol. The summed E-state index contributed by atoms with van der Waals surface area (Å²) in [5, 5.41) is 5.99. The van der Waals surface area contributed by atoms with Crippen molar-refractivity contribution in [1.29, 1.82) is 0 Å². The van der Waals surface area contributed by atoms with Crippen molar-refractivity contribution in [2.24, 2.45) is 0 Å². The van der Waals surface area contributed by atoms with Gasteiger partial charge >= 0.3 is 6.03 Å². The van der Waals surface area contributed by atoms with Gasteiger partial charge in [-0.3, -0.25) is 0 Å². The number of nitrogens with one attached hydrogen (secondary N) is 2. The Balaban J connectivity index is 1.46. The molecule has 2 N–H and O–H groups in total. The van der Waals surface area contributed by atoms with Gasteiger partial charge in [-0.05, 0) is 50.8 Å². The van der Waals surface area contributed by atoms with E-state index in [9.17, 15) is 4.79 Å². The van der Waals surface area contributed by atoms with Gasteiger partial charge in [0.05, 0.1) is 0 Å². The number of hydrogen-bond donors (Lipinski definition) is 2. The Hall–Kier alpha value is -2.64. The van der Waals surface area contributed by atoms with Crippen LogP contribution in [-0.4, -0.2) is 80.7 Å². The monoisotopic (exact) mass is 410 g/mol. The minimum Gasteiger partial charge on any atom is -0.354 e. The first kappa shape index (κ1) is 22.1. The molecule has 0 aliphatic carbocycles. The fourth-order valence-electron chi connectivity index (χ4n) is 3.56. The summed E-state index contributed by atoms with van der Waals surface area (Å²) >= 11 is 0. The minimum absolute atomic E-state index is 0.145. The molecule has 0 saturated carbocycles. The summed E-state index contributed by atoms with van der Waals surface area (Å²) in [6, 6.07) is 14.5. The van der Waals surface area contributed by atoms with Gasteiger partial charge in [-0.1, -0.05) is 30.3 Å². The van der Waals surface area contributed by atoms with Crippen LogP contribution in [0.5, 0.6) is 0 Å². The number of pyridine rings is 1. The molecule has 1 aromatic carbocycles. The number of likely N-dealkylation sites (N-methyl/N-ethyl adjacent to an activating group) is 2. The third-order valence-electron chi connectivity index (χ3n) is 5.63. The summed E-state index contributed by atoms with van der Waals surface area (Å²) in [6.45, 7) is 5.13. The minimum atomic E-state index is -0.145. The normalized spacial score (nSPS) is 15.8. The highest BCUT2D eigenvalue weighted by molar-refractivity contribution is 5.73. The van der Waals surface area contributed by atoms with Crippen molar-refractivity contribution in [3.05, 3.63) is 59.8 Å². The van der Waals surface area contributed by atoms with Crippen LogP contribution in [0, 0.1) is 0 Å². The van der Waals surface area contributed by atoms with Crippen molar-refractivity contribution in [3.8, 4) is 0 Å². The fraction of sp³-hybridized carbons (Fsp3) is 0.478. The molecule has 1 aliphatic heterocycles. The molecule has 0 bridgehead atoms. The molecule has 1 unspecified atom stereocenters. The summed E-state index contributed by atoms with van der Waals surface area (Å²) in [7, 11) is 6.23. The lowest BCUT2D eigenvalue weighted by Crippen LogP contribution is -2.45. The van der Waals surface area contributed by atoms with Crippen molar-refractivity contribution >= 4 is 11.8 Å². The molecule has 2 amide bonds. The van der Waals surface area contributed by atoms with Crippen molar-refractivity contribution < 1.29 is 4.79 Å². The summed E-state index contributed by atoms with van der Waals surface area (Å²) in [6.07, 6.45) is 2.72. The van der Waals surface area contributed by atoms with Crippen LogP contribution in [0.4, 0.5) is 10.6 Å². The summed E-state index contributed by atoms with van der Waals surface area (Å²) in [4.78, 5) is 23.6. The maximum Gasteiger partial charge on any atom is 0.315 e. The Bertz CT molecular complexity index is 789. The van der Waals surface area contributed by atoms with E-state index < -0.39 is 0 Å². The van der Waals surface area contributed by atoms with E-state index in [1.807, 2.05) is 44.6 Å². The molecule has 2 heterocycles. The topological polar surface area (TPSA) is 63.7 Å². The highest BCUT2D eigenvalue weighted by Crippen LogP contribution is 2.14. The van der Waals surface area contributed by atoms with Gasteiger partial charge in [0.25, 0.3) is 0 Å². The molecule has 1 aliphatic rings. The number of aromatic nitrogens is 1. The first-order valence-corrected chi connectivity index (χ1v) is 10.6. The Labute approximate surface area is 180 Å². The molecule has 1 saturated heterocycles. The first-order chi connectivity index (χ1) is 14.5. The zero-order chi connectivity index (χ0) is 21.3. The number of urea groups is 1. The van der Waals surface area contributed by atoms with Crippen LogP contribution in [-0.2, 0) is 13.0 Å². The molecular weight excluding hydrogens is 376 g/mol. The second kappa shape index (κ2) is 10.9. The lowest BCUT2D eigenvalue weighted by Gasteiger charge is -2.33. The summed E-state index contributed by atoms with van der Waals surface area (Å²) in [5.74, 6) is 0.985. The van der Waals surface area contributed by atoms with Crippen LogP contribution in [0.3, 0.4) is 0 Å². The van der Waals surface area contributed by atoms with Gasteiger partial charge in [-0.2, -0.15) is 0 Å². The number of piperazine rings is 1. The third-order valence-corrected chi connectivity index (χ3v) is 5.63. The van der Waals surface area contributed by atoms with Gasteiger partial charge in [-0.15, -0.1) is 0 Å². The quantitative estimate of drug-likeness (QED) is 0.695. The van der Waals surface area contributed by atoms with Crippen LogP contribution in [0.15, 0.2) is 48.7 Å². The van der Waals surface area contributed by atoms with Crippen LogP contribution < -0.4 is 15.5 Å². The number of benzene rings is 1. The van der Waals surface area contributed by atoms with Gasteiger partial charge in [-0.25, -0.2) is 9.78 Å². The van der Waals surface area contributed by atoms with Crippen molar-refractivity contribution in [2.75, 3.05) is 58.8 Å². The molecule has 1 atom stereocenters. The zero-order valence-corrected chi connectivity index (χ0v) is 18.3. The van der Waals surface area contributed by atoms with Gasteiger partial charge in [0.1, 0.15) is 5.82 Å². The zero-order valence-electron chi connectivity index (χ0n) is 18.3. The predicted molar refractivity (Wildman–Crippen MR) is 122 cm³/mol. The van der Waals surface area contributed by atoms with E-state index in [-0.39, 0.29) is 12.1 Å². The Morgan fingerprint density at radius 3 is 2.50 bits per heavy atom. The van der Waals surface area contributed by atoms with E-state index in [4.69, 9.17) is 0 Å². The van der Waals surface area contributed by atoms with E-state index in [1.165, 1.54) is 5.56 Å². The molecule has 30 heavy (non-hydrogen) atoms. The highest BCUT2D eigenvalue weighted by atomic mass is 16.2. The van der Waals surface area contributed by atoms with Crippen LogP contribution in [0.1, 0.15) is 11.1 Å². The fourth-order valence-corrected chi connectivity index (χ4v) is 3.56.